The number of fused-ring (bicyclic) bond motifs is 1. The molecule has 1 amide bonds. The highest BCUT2D eigenvalue weighted by atomic mass is 32.1. The topological polar surface area (TPSA) is 43.6 Å². The standard InChI is InChI=1S/C17H13F3N2O2S/c1-22-13-7-6-12(24-2)9-14(13)25-16(22)21-15(23)10-4-3-5-11(8-10)17(18,19)20/h3-9H,1-2H3. The van der Waals surface area contributed by atoms with Crippen molar-refractivity contribution in [2.24, 2.45) is 12.0 Å². The highest BCUT2D eigenvalue weighted by Gasteiger charge is 2.30. The van der Waals surface area contributed by atoms with Crippen molar-refractivity contribution < 1.29 is 22.7 Å². The predicted octanol–water partition coefficient (Wildman–Crippen LogP) is 4.01. The molecule has 8 heteroatoms. The van der Waals surface area contributed by atoms with Gasteiger partial charge in [-0.2, -0.15) is 18.2 Å². The second kappa shape index (κ2) is 6.36. The molecule has 0 saturated carbocycles. The molecule has 3 rings (SSSR count). The van der Waals surface area contributed by atoms with Crippen LogP contribution in [0.4, 0.5) is 13.2 Å². The summed E-state index contributed by atoms with van der Waals surface area (Å²) >= 11 is 1.26. The molecule has 1 aromatic heterocycles. The van der Waals surface area contributed by atoms with Gasteiger partial charge in [0.15, 0.2) is 4.80 Å². The Labute approximate surface area is 144 Å². The van der Waals surface area contributed by atoms with Crippen molar-refractivity contribution in [2.45, 2.75) is 6.18 Å². The van der Waals surface area contributed by atoms with E-state index in [0.717, 1.165) is 22.3 Å². The van der Waals surface area contributed by atoms with E-state index < -0.39 is 17.6 Å². The van der Waals surface area contributed by atoms with Crippen LogP contribution in [0.5, 0.6) is 5.75 Å². The summed E-state index contributed by atoms with van der Waals surface area (Å²) in [6.07, 6.45) is -4.50. The molecule has 0 saturated heterocycles. The summed E-state index contributed by atoms with van der Waals surface area (Å²) in [5.74, 6) is -0.0506. The van der Waals surface area contributed by atoms with Gasteiger partial charge in [0.25, 0.3) is 5.91 Å². The molecule has 0 aliphatic carbocycles. The lowest BCUT2D eigenvalue weighted by atomic mass is 10.1. The van der Waals surface area contributed by atoms with Crippen LogP contribution >= 0.6 is 11.3 Å². The molecule has 0 aliphatic heterocycles. The average molecular weight is 366 g/mol. The van der Waals surface area contributed by atoms with Gasteiger partial charge in [-0.3, -0.25) is 4.79 Å². The maximum atomic E-state index is 12.8. The van der Waals surface area contributed by atoms with Gasteiger partial charge in [-0.15, -0.1) is 0 Å². The van der Waals surface area contributed by atoms with E-state index in [0.29, 0.717) is 10.6 Å². The van der Waals surface area contributed by atoms with Gasteiger partial charge in [0, 0.05) is 12.6 Å². The number of ether oxygens (including phenoxy) is 1. The number of aryl methyl sites for hydroxylation is 1. The zero-order valence-electron chi connectivity index (χ0n) is 13.3. The van der Waals surface area contributed by atoms with E-state index in [2.05, 4.69) is 4.99 Å². The van der Waals surface area contributed by atoms with Gasteiger partial charge in [-0.25, -0.2) is 0 Å². The van der Waals surface area contributed by atoms with E-state index in [-0.39, 0.29) is 5.56 Å². The molecule has 0 spiro atoms. The number of nitrogens with zero attached hydrogens (tertiary/aromatic N) is 2. The first kappa shape index (κ1) is 17.2. The number of thiazole rings is 1. The van der Waals surface area contributed by atoms with E-state index in [1.165, 1.54) is 23.5 Å². The minimum Gasteiger partial charge on any atom is -0.497 e. The number of hydrogen-bond acceptors (Lipinski definition) is 3. The molecular weight excluding hydrogens is 353 g/mol. The fourth-order valence-electron chi connectivity index (χ4n) is 2.33. The fourth-order valence-corrected chi connectivity index (χ4v) is 3.37. The van der Waals surface area contributed by atoms with Crippen LogP contribution in [0.1, 0.15) is 15.9 Å². The highest BCUT2D eigenvalue weighted by Crippen LogP contribution is 2.29. The van der Waals surface area contributed by atoms with Crippen LogP contribution in [0, 0.1) is 0 Å². The molecule has 2 aromatic carbocycles. The van der Waals surface area contributed by atoms with Crippen molar-refractivity contribution in [3.05, 3.63) is 58.4 Å². The molecule has 0 aliphatic rings. The highest BCUT2D eigenvalue weighted by molar-refractivity contribution is 7.16. The quantitative estimate of drug-likeness (QED) is 0.688. The second-order valence-corrected chi connectivity index (χ2v) is 6.28. The van der Waals surface area contributed by atoms with Crippen molar-refractivity contribution in [1.82, 2.24) is 4.57 Å². The molecule has 4 nitrogen and oxygen atoms in total. The number of halogens is 3. The van der Waals surface area contributed by atoms with E-state index in [4.69, 9.17) is 4.74 Å². The minimum atomic E-state index is -4.50. The first-order valence-electron chi connectivity index (χ1n) is 7.19. The molecular formula is C17H13F3N2O2S. The van der Waals surface area contributed by atoms with Crippen LogP contribution in [0.2, 0.25) is 0 Å². The Morgan fingerprint density at radius 2 is 1.96 bits per heavy atom. The number of methoxy groups -OCH3 is 1. The molecule has 0 fully saturated rings. The summed E-state index contributed by atoms with van der Waals surface area (Å²) in [6, 6.07) is 9.67. The Morgan fingerprint density at radius 3 is 2.64 bits per heavy atom. The van der Waals surface area contributed by atoms with Crippen LogP contribution in [-0.2, 0) is 13.2 Å². The van der Waals surface area contributed by atoms with E-state index in [1.807, 2.05) is 12.1 Å². The van der Waals surface area contributed by atoms with E-state index in [1.54, 1.807) is 24.8 Å². The van der Waals surface area contributed by atoms with Crippen molar-refractivity contribution in [3.63, 3.8) is 0 Å². The smallest absolute Gasteiger partial charge is 0.416 e. The number of carbonyl (C=O) groups excluding carboxylic acids is 1. The Hall–Kier alpha value is -2.61. The zero-order valence-corrected chi connectivity index (χ0v) is 14.1. The first-order valence-corrected chi connectivity index (χ1v) is 8.01. The predicted molar refractivity (Wildman–Crippen MR) is 88.7 cm³/mol. The Morgan fingerprint density at radius 1 is 1.20 bits per heavy atom. The molecule has 0 N–H and O–H groups in total. The van der Waals surface area contributed by atoms with Crippen LogP contribution in [-0.4, -0.2) is 17.6 Å². The van der Waals surface area contributed by atoms with Crippen LogP contribution in [0.25, 0.3) is 10.2 Å². The number of carbonyl (C=O) groups is 1. The molecule has 3 aromatic rings. The Balaban J connectivity index is 2.04. The summed E-state index contributed by atoms with van der Waals surface area (Å²) in [7, 11) is 3.29. The average Bonchev–Trinajstić information content (AvgIpc) is 2.89. The van der Waals surface area contributed by atoms with Crippen molar-refractivity contribution in [2.75, 3.05) is 7.11 Å². The zero-order chi connectivity index (χ0) is 18.2. The number of hydrogen-bond donors (Lipinski definition) is 0. The third kappa shape index (κ3) is 3.43. The lowest BCUT2D eigenvalue weighted by molar-refractivity contribution is -0.137. The van der Waals surface area contributed by atoms with Gasteiger partial charge in [-0.05, 0) is 36.4 Å². The van der Waals surface area contributed by atoms with Crippen LogP contribution in [0.15, 0.2) is 47.5 Å². The molecule has 1 heterocycles. The lowest BCUT2D eigenvalue weighted by Crippen LogP contribution is -2.14. The van der Waals surface area contributed by atoms with Crippen molar-refractivity contribution in [1.29, 1.82) is 0 Å². The number of rotatable bonds is 2. The maximum Gasteiger partial charge on any atom is 0.416 e. The summed E-state index contributed by atoms with van der Waals surface area (Å²) in [5.41, 5.74) is -0.134. The van der Waals surface area contributed by atoms with Gasteiger partial charge in [0.05, 0.1) is 22.9 Å². The van der Waals surface area contributed by atoms with Gasteiger partial charge in [0.2, 0.25) is 0 Å². The summed E-state index contributed by atoms with van der Waals surface area (Å²) in [5, 5.41) is 0. The Kier molecular flexibility index (Phi) is 4.38. The monoisotopic (exact) mass is 366 g/mol. The van der Waals surface area contributed by atoms with Crippen LogP contribution in [0.3, 0.4) is 0 Å². The third-order valence-corrected chi connectivity index (χ3v) is 4.75. The summed E-state index contributed by atoms with van der Waals surface area (Å²) in [6.45, 7) is 0. The minimum absolute atomic E-state index is 0.107. The third-order valence-electron chi connectivity index (χ3n) is 3.65. The Bertz CT molecular complexity index is 1020. The first-order chi connectivity index (χ1) is 11.8. The molecule has 0 radical (unpaired) electrons. The van der Waals surface area contributed by atoms with Crippen molar-refractivity contribution >= 4 is 27.5 Å². The molecule has 0 unspecified atom stereocenters. The van der Waals surface area contributed by atoms with Crippen LogP contribution < -0.4 is 9.54 Å². The number of benzene rings is 2. The largest absolute Gasteiger partial charge is 0.497 e. The molecule has 0 bridgehead atoms. The number of aromatic nitrogens is 1. The second-order valence-electron chi connectivity index (χ2n) is 5.27. The van der Waals surface area contributed by atoms with Crippen molar-refractivity contribution in [3.8, 4) is 5.75 Å². The summed E-state index contributed by atoms with van der Waals surface area (Å²) < 4.78 is 46.1. The molecule has 0 atom stereocenters. The van der Waals surface area contributed by atoms with Gasteiger partial charge >= 0.3 is 6.18 Å². The van der Waals surface area contributed by atoms with Gasteiger partial charge < -0.3 is 9.30 Å². The lowest BCUT2D eigenvalue weighted by Gasteiger charge is -2.06. The molecule has 25 heavy (non-hydrogen) atoms. The number of alkyl halides is 3. The van der Waals surface area contributed by atoms with E-state index in [9.17, 15) is 18.0 Å². The normalized spacial score (nSPS) is 12.6. The van der Waals surface area contributed by atoms with Gasteiger partial charge in [-0.1, -0.05) is 17.4 Å². The number of amides is 1. The SMILES string of the molecule is COc1ccc2c(c1)sc(=NC(=O)c1cccc(C(F)(F)F)c1)n2C. The fraction of sp³-hybridized carbons (Fsp3) is 0.176. The molecule has 130 valence electrons. The van der Waals surface area contributed by atoms with Gasteiger partial charge in [0.1, 0.15) is 5.75 Å². The maximum absolute atomic E-state index is 12.8. The summed E-state index contributed by atoms with van der Waals surface area (Å²) in [4.78, 5) is 16.7. The van der Waals surface area contributed by atoms with E-state index >= 15 is 0 Å².